The zero-order chi connectivity index (χ0) is 22.6. The van der Waals surface area contributed by atoms with Crippen LogP contribution in [0.2, 0.25) is 0 Å². The molecule has 0 saturated heterocycles. The van der Waals surface area contributed by atoms with Crippen molar-refractivity contribution >= 4 is 17.5 Å². The van der Waals surface area contributed by atoms with Gasteiger partial charge in [-0.2, -0.15) is 0 Å². The van der Waals surface area contributed by atoms with Gasteiger partial charge in [0.15, 0.2) is 0 Å². The lowest BCUT2D eigenvalue weighted by molar-refractivity contribution is -0.133. The number of aryl methyl sites for hydroxylation is 1. The maximum atomic E-state index is 13.1. The number of ether oxygens (including phenoxy) is 1. The third-order valence-corrected chi connectivity index (χ3v) is 4.99. The monoisotopic (exact) mass is 425 g/mol. The zero-order valence-corrected chi connectivity index (χ0v) is 19.2. The van der Waals surface area contributed by atoms with E-state index in [4.69, 9.17) is 4.74 Å². The van der Waals surface area contributed by atoms with Crippen LogP contribution in [0.5, 0.6) is 5.75 Å². The van der Waals surface area contributed by atoms with Crippen molar-refractivity contribution in [2.45, 2.75) is 40.2 Å². The molecule has 168 valence electrons. The van der Waals surface area contributed by atoms with E-state index >= 15 is 0 Å². The fourth-order valence-electron chi connectivity index (χ4n) is 3.44. The van der Waals surface area contributed by atoms with Crippen molar-refractivity contribution in [3.8, 4) is 5.75 Å². The molecule has 1 N–H and O–H groups in total. The summed E-state index contributed by atoms with van der Waals surface area (Å²) in [5.74, 6) is 0.494. The second kappa shape index (κ2) is 12.7. The number of para-hydroxylation sites is 2. The molecule has 6 nitrogen and oxygen atoms in total. The van der Waals surface area contributed by atoms with Crippen LogP contribution in [0.25, 0.3) is 0 Å². The number of nitrogens with zero attached hydrogens (tertiary/aromatic N) is 2. The van der Waals surface area contributed by atoms with Crippen LogP contribution in [0.4, 0.5) is 5.69 Å². The minimum Gasteiger partial charge on any atom is -0.495 e. The smallest absolute Gasteiger partial charge is 0.238 e. The van der Waals surface area contributed by atoms with Crippen molar-refractivity contribution in [3.05, 3.63) is 59.7 Å². The van der Waals surface area contributed by atoms with E-state index in [0.29, 0.717) is 31.1 Å². The first-order valence-corrected chi connectivity index (χ1v) is 10.9. The number of benzene rings is 2. The summed E-state index contributed by atoms with van der Waals surface area (Å²) in [6.07, 6.45) is 1.75. The number of carbonyl (C=O) groups is 2. The lowest BCUT2D eigenvalue weighted by Crippen LogP contribution is -2.43. The largest absolute Gasteiger partial charge is 0.495 e. The summed E-state index contributed by atoms with van der Waals surface area (Å²) in [5.41, 5.74) is 2.94. The van der Waals surface area contributed by atoms with E-state index in [0.717, 1.165) is 18.4 Å². The molecule has 0 radical (unpaired) electrons. The average molecular weight is 426 g/mol. The SMILES string of the molecule is CCCN(CC(=O)Nc1ccccc1OC)CC(=O)N(CCC)Cc1ccc(C)cc1. The second-order valence-electron chi connectivity index (χ2n) is 7.76. The third-order valence-electron chi connectivity index (χ3n) is 4.99. The molecule has 2 aromatic carbocycles. The van der Waals surface area contributed by atoms with Gasteiger partial charge in [-0.25, -0.2) is 0 Å². The van der Waals surface area contributed by atoms with Crippen molar-refractivity contribution in [1.82, 2.24) is 9.80 Å². The summed E-state index contributed by atoms with van der Waals surface area (Å²) in [6.45, 7) is 8.50. The van der Waals surface area contributed by atoms with Gasteiger partial charge in [0.2, 0.25) is 11.8 Å². The molecule has 0 aromatic heterocycles. The topological polar surface area (TPSA) is 61.9 Å². The van der Waals surface area contributed by atoms with Gasteiger partial charge in [0.25, 0.3) is 0 Å². The van der Waals surface area contributed by atoms with Crippen LogP contribution in [0.3, 0.4) is 0 Å². The molecule has 2 aromatic rings. The molecular weight excluding hydrogens is 390 g/mol. The molecule has 0 atom stereocenters. The van der Waals surface area contributed by atoms with Crippen LogP contribution in [-0.2, 0) is 16.1 Å². The molecule has 6 heteroatoms. The average Bonchev–Trinajstić information content (AvgIpc) is 2.75. The maximum absolute atomic E-state index is 13.1. The van der Waals surface area contributed by atoms with Crippen LogP contribution >= 0.6 is 0 Å². The fraction of sp³-hybridized carbons (Fsp3) is 0.440. The highest BCUT2D eigenvalue weighted by Gasteiger charge is 2.19. The number of amides is 2. The van der Waals surface area contributed by atoms with Gasteiger partial charge in [0.05, 0.1) is 25.9 Å². The summed E-state index contributed by atoms with van der Waals surface area (Å²) in [6, 6.07) is 15.6. The molecule has 0 aliphatic rings. The Morgan fingerprint density at radius 3 is 2.26 bits per heavy atom. The molecule has 0 aliphatic heterocycles. The van der Waals surface area contributed by atoms with Gasteiger partial charge >= 0.3 is 0 Å². The summed E-state index contributed by atoms with van der Waals surface area (Å²) in [4.78, 5) is 29.5. The first-order valence-electron chi connectivity index (χ1n) is 10.9. The summed E-state index contributed by atoms with van der Waals surface area (Å²) < 4.78 is 5.30. The first-order chi connectivity index (χ1) is 15.0. The number of hydrogen-bond acceptors (Lipinski definition) is 4. The Bertz CT molecular complexity index is 836. The molecule has 0 aliphatic carbocycles. The number of methoxy groups -OCH3 is 1. The van der Waals surface area contributed by atoms with Crippen LogP contribution in [-0.4, -0.2) is 54.9 Å². The maximum Gasteiger partial charge on any atom is 0.238 e. The Kier molecular flexibility index (Phi) is 10.0. The van der Waals surface area contributed by atoms with Crippen molar-refractivity contribution in [1.29, 1.82) is 0 Å². The van der Waals surface area contributed by atoms with Gasteiger partial charge in [-0.3, -0.25) is 14.5 Å². The molecule has 0 unspecified atom stereocenters. The normalized spacial score (nSPS) is 10.7. The van der Waals surface area contributed by atoms with Crippen molar-refractivity contribution < 1.29 is 14.3 Å². The Balaban J connectivity index is 2.00. The molecule has 31 heavy (non-hydrogen) atoms. The molecule has 0 spiro atoms. The van der Waals surface area contributed by atoms with Crippen molar-refractivity contribution in [2.24, 2.45) is 0 Å². The van der Waals surface area contributed by atoms with E-state index in [2.05, 4.69) is 43.4 Å². The minimum atomic E-state index is -0.161. The second-order valence-corrected chi connectivity index (χ2v) is 7.76. The van der Waals surface area contributed by atoms with Gasteiger partial charge in [-0.1, -0.05) is 55.8 Å². The van der Waals surface area contributed by atoms with Crippen LogP contribution in [0.1, 0.15) is 37.8 Å². The number of nitrogens with one attached hydrogen (secondary N) is 1. The molecule has 2 rings (SSSR count). The molecule has 0 fully saturated rings. The van der Waals surface area contributed by atoms with Gasteiger partial charge in [-0.05, 0) is 44.0 Å². The standard InChI is InChI=1S/C25H35N3O3/c1-5-15-27(18-24(29)26-22-9-7-8-10-23(22)31-4)19-25(30)28(16-6-2)17-21-13-11-20(3)12-14-21/h7-14H,5-6,15-19H2,1-4H3,(H,26,29). The Labute approximate surface area is 186 Å². The fourth-order valence-corrected chi connectivity index (χ4v) is 3.44. The van der Waals surface area contributed by atoms with Crippen molar-refractivity contribution in [3.63, 3.8) is 0 Å². The van der Waals surface area contributed by atoms with Crippen LogP contribution in [0.15, 0.2) is 48.5 Å². The predicted octanol–water partition coefficient (Wildman–Crippen LogP) is 4.09. The van der Waals surface area contributed by atoms with Gasteiger partial charge < -0.3 is 15.0 Å². The van der Waals surface area contributed by atoms with E-state index in [1.807, 2.05) is 28.9 Å². The van der Waals surface area contributed by atoms with Gasteiger partial charge in [-0.15, -0.1) is 0 Å². The molecular formula is C25H35N3O3. The summed E-state index contributed by atoms with van der Waals surface area (Å²) >= 11 is 0. The van der Waals surface area contributed by atoms with E-state index in [-0.39, 0.29) is 24.9 Å². The number of hydrogen-bond donors (Lipinski definition) is 1. The summed E-state index contributed by atoms with van der Waals surface area (Å²) in [7, 11) is 1.57. The Morgan fingerprint density at radius 1 is 0.935 bits per heavy atom. The molecule has 0 heterocycles. The van der Waals surface area contributed by atoms with Gasteiger partial charge in [0.1, 0.15) is 5.75 Å². The number of anilines is 1. The highest BCUT2D eigenvalue weighted by atomic mass is 16.5. The predicted molar refractivity (Wildman–Crippen MR) is 125 cm³/mol. The molecule has 2 amide bonds. The lowest BCUT2D eigenvalue weighted by atomic mass is 10.1. The minimum absolute atomic E-state index is 0.0426. The number of carbonyl (C=O) groups excluding carboxylic acids is 2. The van der Waals surface area contributed by atoms with Gasteiger partial charge in [0, 0.05) is 13.1 Å². The van der Waals surface area contributed by atoms with E-state index in [1.165, 1.54) is 5.56 Å². The van der Waals surface area contributed by atoms with Crippen LogP contribution < -0.4 is 10.1 Å². The zero-order valence-electron chi connectivity index (χ0n) is 19.2. The highest BCUT2D eigenvalue weighted by Crippen LogP contribution is 2.22. The molecule has 0 bridgehead atoms. The van der Waals surface area contributed by atoms with Crippen molar-refractivity contribution in [2.75, 3.05) is 38.6 Å². The Morgan fingerprint density at radius 2 is 1.61 bits per heavy atom. The Hall–Kier alpha value is -2.86. The quantitative estimate of drug-likeness (QED) is 0.556. The van der Waals surface area contributed by atoms with Crippen LogP contribution in [0, 0.1) is 6.92 Å². The van der Waals surface area contributed by atoms with E-state index in [9.17, 15) is 9.59 Å². The van der Waals surface area contributed by atoms with E-state index < -0.39 is 0 Å². The third kappa shape index (κ3) is 8.06. The number of rotatable bonds is 12. The highest BCUT2D eigenvalue weighted by molar-refractivity contribution is 5.94. The molecule has 0 saturated carbocycles. The lowest BCUT2D eigenvalue weighted by Gasteiger charge is -2.27. The summed E-state index contributed by atoms with van der Waals surface area (Å²) in [5, 5.41) is 2.89. The first kappa shape index (κ1) is 24.4. The van der Waals surface area contributed by atoms with E-state index in [1.54, 1.807) is 19.2 Å².